The molecule has 5 heteroatoms. The van der Waals surface area contributed by atoms with E-state index in [0.29, 0.717) is 19.1 Å². The summed E-state index contributed by atoms with van der Waals surface area (Å²) in [5.74, 6) is -0.477. The molecule has 21 heavy (non-hydrogen) atoms. The van der Waals surface area contributed by atoms with Crippen molar-refractivity contribution in [2.45, 2.75) is 44.7 Å². The molecule has 1 aliphatic carbocycles. The number of rotatable bonds is 8. The van der Waals surface area contributed by atoms with Gasteiger partial charge in [-0.25, -0.2) is 4.39 Å². The van der Waals surface area contributed by atoms with Crippen LogP contribution in [0.4, 0.5) is 4.39 Å². The maximum absolute atomic E-state index is 13.5. The van der Waals surface area contributed by atoms with E-state index in [4.69, 9.17) is 9.47 Å². The van der Waals surface area contributed by atoms with Crippen LogP contribution in [-0.4, -0.2) is 30.8 Å². The molecule has 2 rings (SSSR count). The van der Waals surface area contributed by atoms with E-state index in [2.05, 4.69) is 5.32 Å². The molecule has 1 atom stereocenters. The van der Waals surface area contributed by atoms with E-state index in [1.165, 1.54) is 6.07 Å². The molecule has 0 aromatic heterocycles. The van der Waals surface area contributed by atoms with Gasteiger partial charge in [0, 0.05) is 12.5 Å². The van der Waals surface area contributed by atoms with Gasteiger partial charge in [-0.15, -0.1) is 0 Å². The third-order valence-corrected chi connectivity index (χ3v) is 3.52. The summed E-state index contributed by atoms with van der Waals surface area (Å²) in [6.45, 7) is 4.18. The van der Waals surface area contributed by atoms with Gasteiger partial charge < -0.3 is 9.47 Å². The van der Waals surface area contributed by atoms with Gasteiger partial charge in [0.2, 0.25) is 0 Å². The summed E-state index contributed by atoms with van der Waals surface area (Å²) in [5, 5.41) is 3.30. The molecule has 116 valence electrons. The van der Waals surface area contributed by atoms with Crippen molar-refractivity contribution in [2.75, 3.05) is 13.2 Å². The Bertz CT molecular complexity index is 490. The number of hydrogen-bond acceptors (Lipinski definition) is 4. The quantitative estimate of drug-likeness (QED) is 0.749. The topological polar surface area (TPSA) is 47.6 Å². The minimum atomic E-state index is -0.789. The summed E-state index contributed by atoms with van der Waals surface area (Å²) >= 11 is 0. The van der Waals surface area contributed by atoms with E-state index < -0.39 is 11.4 Å². The molecule has 0 spiro atoms. The molecule has 1 unspecified atom stereocenters. The van der Waals surface area contributed by atoms with Gasteiger partial charge in [-0.3, -0.25) is 10.1 Å². The van der Waals surface area contributed by atoms with Crippen LogP contribution in [-0.2, 0) is 9.53 Å². The van der Waals surface area contributed by atoms with Crippen LogP contribution in [0.2, 0.25) is 0 Å². The number of carbonyl (C=O) groups is 1. The predicted molar refractivity (Wildman–Crippen MR) is 77.7 cm³/mol. The minimum Gasteiger partial charge on any atom is -0.490 e. The largest absolute Gasteiger partial charge is 0.490 e. The van der Waals surface area contributed by atoms with Crippen LogP contribution in [0.1, 0.15) is 33.1 Å². The van der Waals surface area contributed by atoms with Gasteiger partial charge in [0.25, 0.3) is 0 Å². The molecule has 0 bridgehead atoms. The molecule has 1 aromatic carbocycles. The van der Waals surface area contributed by atoms with Crippen LogP contribution < -0.4 is 10.1 Å². The molecule has 0 amide bonds. The lowest BCUT2D eigenvalue weighted by molar-refractivity contribution is -0.151. The van der Waals surface area contributed by atoms with Gasteiger partial charge in [-0.05, 0) is 38.8 Å². The smallest absolute Gasteiger partial charge is 0.326 e. The van der Waals surface area contributed by atoms with Gasteiger partial charge in [-0.1, -0.05) is 12.1 Å². The lowest BCUT2D eigenvalue weighted by atomic mass is 9.98. The third kappa shape index (κ3) is 4.43. The van der Waals surface area contributed by atoms with Crippen molar-refractivity contribution in [2.24, 2.45) is 0 Å². The molecule has 1 aliphatic rings. The monoisotopic (exact) mass is 295 g/mol. The molecular formula is C16H22FNO3. The maximum Gasteiger partial charge on any atom is 0.326 e. The number of para-hydroxylation sites is 1. The lowest BCUT2D eigenvalue weighted by Crippen LogP contribution is -2.52. The van der Waals surface area contributed by atoms with Crippen LogP contribution in [0.5, 0.6) is 5.75 Å². The Morgan fingerprint density at radius 1 is 1.43 bits per heavy atom. The Morgan fingerprint density at radius 3 is 2.76 bits per heavy atom. The van der Waals surface area contributed by atoms with Crippen molar-refractivity contribution in [1.82, 2.24) is 5.32 Å². The normalized spacial score (nSPS) is 17.1. The zero-order chi connectivity index (χ0) is 15.3. The minimum absolute atomic E-state index is 0.204. The number of nitrogens with one attached hydrogen (secondary N) is 1. The van der Waals surface area contributed by atoms with E-state index in [0.717, 1.165) is 12.8 Å². The summed E-state index contributed by atoms with van der Waals surface area (Å²) < 4.78 is 24.0. The first-order valence-electron chi connectivity index (χ1n) is 7.37. The van der Waals surface area contributed by atoms with Crippen molar-refractivity contribution >= 4 is 5.97 Å². The first-order valence-corrected chi connectivity index (χ1v) is 7.37. The highest BCUT2D eigenvalue weighted by atomic mass is 19.1. The second-order valence-corrected chi connectivity index (χ2v) is 5.50. The van der Waals surface area contributed by atoms with E-state index in [1.54, 1.807) is 25.1 Å². The van der Waals surface area contributed by atoms with Crippen molar-refractivity contribution in [3.05, 3.63) is 30.1 Å². The van der Waals surface area contributed by atoms with E-state index >= 15 is 0 Å². The Labute approximate surface area is 124 Å². The molecule has 4 nitrogen and oxygen atoms in total. The highest BCUT2D eigenvalue weighted by Crippen LogP contribution is 2.25. The summed E-state index contributed by atoms with van der Waals surface area (Å²) in [6.07, 6.45) is 2.57. The second kappa shape index (κ2) is 6.89. The number of esters is 1. The molecule has 1 N–H and O–H groups in total. The van der Waals surface area contributed by atoms with Crippen molar-refractivity contribution < 1.29 is 18.7 Å². The SMILES string of the molecule is CCOC(=O)C(C)(CCOc1ccccc1F)NC1CC1. The second-order valence-electron chi connectivity index (χ2n) is 5.50. The standard InChI is InChI=1S/C16H22FNO3/c1-3-20-15(19)16(2,18-12-8-9-12)10-11-21-14-7-5-4-6-13(14)17/h4-7,12,18H,3,8-11H2,1-2H3. The van der Waals surface area contributed by atoms with E-state index in [-0.39, 0.29) is 18.3 Å². The third-order valence-electron chi connectivity index (χ3n) is 3.52. The highest BCUT2D eigenvalue weighted by molar-refractivity contribution is 5.80. The average Bonchev–Trinajstić information content (AvgIpc) is 3.25. The average molecular weight is 295 g/mol. The molecule has 1 fully saturated rings. The molecule has 1 saturated carbocycles. The highest BCUT2D eigenvalue weighted by Gasteiger charge is 2.39. The van der Waals surface area contributed by atoms with Gasteiger partial charge >= 0.3 is 5.97 Å². The Balaban J connectivity index is 1.92. The fourth-order valence-corrected chi connectivity index (χ4v) is 2.13. The molecule has 0 saturated heterocycles. The summed E-state index contributed by atoms with van der Waals surface area (Å²) in [4.78, 5) is 12.1. The number of hydrogen-bond donors (Lipinski definition) is 1. The number of benzene rings is 1. The molecule has 0 radical (unpaired) electrons. The Kier molecular flexibility index (Phi) is 5.17. The Hall–Kier alpha value is -1.62. The van der Waals surface area contributed by atoms with Crippen molar-refractivity contribution in [3.8, 4) is 5.75 Å². The van der Waals surface area contributed by atoms with E-state index in [9.17, 15) is 9.18 Å². The zero-order valence-corrected chi connectivity index (χ0v) is 12.5. The molecular weight excluding hydrogens is 273 g/mol. The zero-order valence-electron chi connectivity index (χ0n) is 12.5. The first kappa shape index (κ1) is 15.8. The fourth-order valence-electron chi connectivity index (χ4n) is 2.13. The first-order chi connectivity index (χ1) is 10.0. The van der Waals surface area contributed by atoms with Gasteiger partial charge in [0.15, 0.2) is 11.6 Å². The number of halogens is 1. The van der Waals surface area contributed by atoms with Crippen LogP contribution in [0.25, 0.3) is 0 Å². The van der Waals surface area contributed by atoms with E-state index in [1.807, 2.05) is 6.92 Å². The van der Waals surface area contributed by atoms with Crippen molar-refractivity contribution in [3.63, 3.8) is 0 Å². The Morgan fingerprint density at radius 2 is 2.14 bits per heavy atom. The lowest BCUT2D eigenvalue weighted by Gasteiger charge is -2.28. The number of ether oxygens (including phenoxy) is 2. The molecule has 0 aliphatic heterocycles. The van der Waals surface area contributed by atoms with Gasteiger partial charge in [0.05, 0.1) is 13.2 Å². The van der Waals surface area contributed by atoms with Crippen LogP contribution in [0, 0.1) is 5.82 Å². The van der Waals surface area contributed by atoms with Crippen LogP contribution in [0.3, 0.4) is 0 Å². The van der Waals surface area contributed by atoms with Crippen LogP contribution in [0.15, 0.2) is 24.3 Å². The number of carbonyl (C=O) groups excluding carboxylic acids is 1. The predicted octanol–water partition coefficient (Wildman–Crippen LogP) is 2.67. The molecule has 0 heterocycles. The van der Waals surface area contributed by atoms with Crippen LogP contribution >= 0.6 is 0 Å². The fraction of sp³-hybridized carbons (Fsp3) is 0.562. The van der Waals surface area contributed by atoms with Crippen molar-refractivity contribution in [1.29, 1.82) is 0 Å². The maximum atomic E-state index is 13.5. The summed E-state index contributed by atoms with van der Waals surface area (Å²) in [7, 11) is 0. The summed E-state index contributed by atoms with van der Waals surface area (Å²) in [6, 6.07) is 6.62. The van der Waals surface area contributed by atoms with Gasteiger partial charge in [-0.2, -0.15) is 0 Å². The van der Waals surface area contributed by atoms with Gasteiger partial charge in [0.1, 0.15) is 5.54 Å². The molecule has 1 aromatic rings. The summed E-state index contributed by atoms with van der Waals surface area (Å²) in [5.41, 5.74) is -0.789.